The number of rotatable bonds is 4. The molecule has 24 heavy (non-hydrogen) atoms. The van der Waals surface area contributed by atoms with Gasteiger partial charge in [-0.2, -0.15) is 0 Å². The number of nitrogens with zero attached hydrogens (tertiary/aromatic N) is 2. The zero-order valence-electron chi connectivity index (χ0n) is 12.0. The molecule has 0 amide bonds. The average Bonchev–Trinajstić information content (AvgIpc) is 2.54. The van der Waals surface area contributed by atoms with E-state index in [1.807, 2.05) is 24.3 Å². The number of hydrogen-bond acceptors (Lipinski definition) is 5. The van der Waals surface area contributed by atoms with Gasteiger partial charge < -0.3 is 0 Å². The molecule has 1 heterocycles. The number of fused-ring (bicyclic) bond motifs is 1. The molecule has 0 saturated heterocycles. The first-order valence-corrected chi connectivity index (χ1v) is 8.97. The van der Waals surface area contributed by atoms with E-state index in [1.54, 1.807) is 6.07 Å². The Morgan fingerprint density at radius 3 is 2.42 bits per heavy atom. The molecule has 122 valence electrons. The third-order valence-electron chi connectivity index (χ3n) is 3.29. The maximum absolute atomic E-state index is 12.4. The fraction of sp³-hybridized carbons (Fsp3) is 0. The van der Waals surface area contributed by atoms with Gasteiger partial charge in [0.05, 0.1) is 9.82 Å². The maximum atomic E-state index is 12.4. The topological polar surface area (TPSA) is 102 Å². The fourth-order valence-electron chi connectivity index (χ4n) is 2.15. The molecule has 1 aromatic heterocycles. The van der Waals surface area contributed by atoms with Crippen LogP contribution in [0.3, 0.4) is 0 Å². The lowest BCUT2D eigenvalue weighted by Gasteiger charge is -2.09. The first-order chi connectivity index (χ1) is 11.4. The number of nitro groups is 1. The third-order valence-corrected chi connectivity index (χ3v) is 5.27. The lowest BCUT2D eigenvalue weighted by molar-refractivity contribution is -0.384. The molecule has 3 rings (SSSR count). The van der Waals surface area contributed by atoms with Crippen LogP contribution in [0.5, 0.6) is 0 Å². The summed E-state index contributed by atoms with van der Waals surface area (Å²) in [7, 11) is -3.90. The Balaban J connectivity index is 1.96. The van der Waals surface area contributed by atoms with Crippen LogP contribution in [0.4, 0.5) is 11.5 Å². The van der Waals surface area contributed by atoms with Crippen molar-refractivity contribution in [1.29, 1.82) is 0 Å². The lowest BCUT2D eigenvalue weighted by Crippen LogP contribution is -2.14. The molecule has 0 bridgehead atoms. The van der Waals surface area contributed by atoms with Crippen LogP contribution in [0.2, 0.25) is 0 Å². The Hall–Kier alpha value is -2.52. The summed E-state index contributed by atoms with van der Waals surface area (Å²) in [5.41, 5.74) is -0.180. The third kappa shape index (κ3) is 3.22. The van der Waals surface area contributed by atoms with Crippen LogP contribution in [0.25, 0.3) is 10.8 Å². The van der Waals surface area contributed by atoms with Gasteiger partial charge >= 0.3 is 0 Å². The molecule has 0 spiro atoms. The summed E-state index contributed by atoms with van der Waals surface area (Å²) in [6.07, 6.45) is 0. The highest BCUT2D eigenvalue weighted by molar-refractivity contribution is 9.10. The van der Waals surface area contributed by atoms with Crippen LogP contribution < -0.4 is 4.72 Å². The number of sulfonamides is 1. The minimum atomic E-state index is -3.90. The van der Waals surface area contributed by atoms with E-state index >= 15 is 0 Å². The smallest absolute Gasteiger partial charge is 0.263 e. The van der Waals surface area contributed by atoms with Crippen molar-refractivity contribution >= 4 is 48.2 Å². The number of non-ortho nitro benzene ring substituents is 1. The molecule has 0 aliphatic heterocycles. The maximum Gasteiger partial charge on any atom is 0.269 e. The number of nitro benzene ring substituents is 1. The van der Waals surface area contributed by atoms with E-state index in [9.17, 15) is 18.5 Å². The van der Waals surface area contributed by atoms with E-state index in [2.05, 4.69) is 25.6 Å². The minimum Gasteiger partial charge on any atom is -0.263 e. The second-order valence-corrected chi connectivity index (χ2v) is 7.31. The quantitative estimate of drug-likeness (QED) is 0.403. The van der Waals surface area contributed by atoms with E-state index in [0.717, 1.165) is 22.9 Å². The molecule has 7 nitrogen and oxygen atoms in total. The van der Waals surface area contributed by atoms with Gasteiger partial charge in [-0.05, 0) is 39.5 Å². The average molecular weight is 408 g/mol. The zero-order chi connectivity index (χ0) is 17.3. The van der Waals surface area contributed by atoms with Crippen molar-refractivity contribution in [3.63, 3.8) is 0 Å². The van der Waals surface area contributed by atoms with Gasteiger partial charge in [0.2, 0.25) is 0 Å². The van der Waals surface area contributed by atoms with Gasteiger partial charge in [-0.3, -0.25) is 14.8 Å². The monoisotopic (exact) mass is 407 g/mol. The first-order valence-electron chi connectivity index (χ1n) is 6.69. The number of pyridine rings is 1. The van der Waals surface area contributed by atoms with Crippen molar-refractivity contribution < 1.29 is 13.3 Å². The highest BCUT2D eigenvalue weighted by atomic mass is 79.9. The van der Waals surface area contributed by atoms with Gasteiger partial charge in [0.1, 0.15) is 10.4 Å². The minimum absolute atomic E-state index is 0.0841. The summed E-state index contributed by atoms with van der Waals surface area (Å²) in [5, 5.41) is 12.3. The number of aromatic nitrogens is 1. The van der Waals surface area contributed by atoms with Crippen molar-refractivity contribution in [1.82, 2.24) is 4.98 Å². The predicted molar refractivity (Wildman–Crippen MR) is 93.3 cm³/mol. The molecule has 0 aliphatic carbocycles. The molecule has 0 atom stereocenters. The Bertz CT molecular complexity index is 1040. The van der Waals surface area contributed by atoms with Crippen molar-refractivity contribution in [3.8, 4) is 0 Å². The van der Waals surface area contributed by atoms with Crippen LogP contribution >= 0.6 is 15.9 Å². The summed E-state index contributed by atoms with van der Waals surface area (Å²) < 4.78 is 27.7. The van der Waals surface area contributed by atoms with Gasteiger partial charge in [0.25, 0.3) is 15.7 Å². The number of anilines is 1. The largest absolute Gasteiger partial charge is 0.269 e. The molecule has 9 heteroatoms. The summed E-state index contributed by atoms with van der Waals surface area (Å²) in [4.78, 5) is 14.1. The summed E-state index contributed by atoms with van der Waals surface area (Å²) in [5.74, 6) is 0.152. The molecule has 0 fully saturated rings. The second-order valence-electron chi connectivity index (χ2n) is 4.88. The van der Waals surface area contributed by atoms with Gasteiger partial charge in [0.15, 0.2) is 0 Å². The molecule has 3 aromatic rings. The van der Waals surface area contributed by atoms with Crippen LogP contribution in [-0.4, -0.2) is 18.3 Å². The normalized spacial score (nSPS) is 11.4. The van der Waals surface area contributed by atoms with E-state index in [4.69, 9.17) is 0 Å². The van der Waals surface area contributed by atoms with Crippen molar-refractivity contribution in [2.75, 3.05) is 4.72 Å². The Kier molecular flexibility index (Phi) is 4.20. The van der Waals surface area contributed by atoms with E-state index in [1.165, 1.54) is 12.1 Å². The zero-order valence-corrected chi connectivity index (χ0v) is 14.4. The second kappa shape index (κ2) is 6.17. The van der Waals surface area contributed by atoms with Crippen LogP contribution in [-0.2, 0) is 10.0 Å². The van der Waals surface area contributed by atoms with Gasteiger partial charge in [-0.1, -0.05) is 24.3 Å². The molecule has 2 aromatic carbocycles. The SMILES string of the molecule is O=[N+]([O-])c1ccc(S(=O)(=O)Nc2cc3ccccc3c(Br)n2)cc1. The van der Waals surface area contributed by atoms with E-state index in [0.29, 0.717) is 4.60 Å². The summed E-state index contributed by atoms with van der Waals surface area (Å²) >= 11 is 3.32. The number of nitrogens with one attached hydrogen (secondary N) is 1. The first kappa shape index (κ1) is 16.3. The van der Waals surface area contributed by atoms with Crippen LogP contribution in [0.15, 0.2) is 64.1 Å². The summed E-state index contributed by atoms with van der Waals surface area (Å²) in [6, 6.07) is 13.6. The van der Waals surface area contributed by atoms with Crippen molar-refractivity contribution in [2.45, 2.75) is 4.90 Å². The molecule has 0 radical (unpaired) electrons. The van der Waals surface area contributed by atoms with Crippen molar-refractivity contribution in [2.24, 2.45) is 0 Å². The summed E-state index contributed by atoms with van der Waals surface area (Å²) in [6.45, 7) is 0. The standard InChI is InChI=1S/C15H10BrN3O4S/c16-15-13-4-2-1-3-10(13)9-14(17-15)18-24(22,23)12-7-5-11(6-8-12)19(20)21/h1-9H,(H,17,18). The Labute approximate surface area is 145 Å². The van der Waals surface area contributed by atoms with E-state index in [-0.39, 0.29) is 16.4 Å². The van der Waals surface area contributed by atoms with Crippen LogP contribution in [0, 0.1) is 10.1 Å². The number of halogens is 1. The lowest BCUT2D eigenvalue weighted by atomic mass is 10.2. The molecule has 0 unspecified atom stereocenters. The predicted octanol–water partition coefficient (Wildman–Crippen LogP) is 3.71. The van der Waals surface area contributed by atoms with Gasteiger partial charge in [0, 0.05) is 17.5 Å². The van der Waals surface area contributed by atoms with E-state index < -0.39 is 14.9 Å². The van der Waals surface area contributed by atoms with Gasteiger partial charge in [-0.25, -0.2) is 13.4 Å². The molecule has 0 aliphatic rings. The molecular weight excluding hydrogens is 398 g/mol. The van der Waals surface area contributed by atoms with Crippen molar-refractivity contribution in [3.05, 3.63) is 69.3 Å². The Morgan fingerprint density at radius 2 is 1.75 bits per heavy atom. The molecular formula is C15H10BrN3O4S. The molecule has 1 N–H and O–H groups in total. The Morgan fingerprint density at radius 1 is 1.08 bits per heavy atom. The number of benzene rings is 2. The van der Waals surface area contributed by atoms with Gasteiger partial charge in [-0.15, -0.1) is 0 Å². The highest BCUT2D eigenvalue weighted by Gasteiger charge is 2.17. The molecule has 0 saturated carbocycles. The fourth-order valence-corrected chi connectivity index (χ4v) is 3.70. The van der Waals surface area contributed by atoms with Crippen LogP contribution in [0.1, 0.15) is 0 Å². The highest BCUT2D eigenvalue weighted by Crippen LogP contribution is 2.26. The number of hydrogen-bond donors (Lipinski definition) is 1.